The molecule has 0 aliphatic heterocycles. The summed E-state index contributed by atoms with van der Waals surface area (Å²) in [6.07, 6.45) is 5.91. The molecule has 1 aromatic heterocycles. The maximum absolute atomic E-state index is 5.14. The largest absolute Gasteiger partial charge is 0.325 e. The van der Waals surface area contributed by atoms with Gasteiger partial charge in [0, 0.05) is 24.4 Å². The molecule has 1 heterocycles. The van der Waals surface area contributed by atoms with Crippen LogP contribution in [0.25, 0.3) is 0 Å². The van der Waals surface area contributed by atoms with Gasteiger partial charge in [0.05, 0.1) is 0 Å². The van der Waals surface area contributed by atoms with Crippen LogP contribution in [0.15, 0.2) is 12.1 Å². The summed E-state index contributed by atoms with van der Waals surface area (Å²) in [5, 5.41) is 0. The second kappa shape index (κ2) is 3.87. The minimum absolute atomic E-state index is 0.761. The number of rotatable bonds is 3. The lowest BCUT2D eigenvalue weighted by atomic mass is 10.4. The number of terminal acetylenes is 1. The Morgan fingerprint density at radius 1 is 1.42 bits per heavy atom. The highest BCUT2D eigenvalue weighted by Crippen LogP contribution is 2.03. The van der Waals surface area contributed by atoms with Gasteiger partial charge in [0.25, 0.3) is 0 Å². The highest BCUT2D eigenvalue weighted by atomic mass is 15.4. The lowest BCUT2D eigenvalue weighted by molar-refractivity contribution is 0.793. The summed E-state index contributed by atoms with van der Waals surface area (Å²) >= 11 is 0. The van der Waals surface area contributed by atoms with Gasteiger partial charge in [-0.1, -0.05) is 0 Å². The summed E-state index contributed by atoms with van der Waals surface area (Å²) in [5.41, 5.74) is 5.66. The monoisotopic (exact) mass is 162 g/mol. The van der Waals surface area contributed by atoms with Crippen molar-refractivity contribution in [1.82, 2.24) is 4.68 Å². The fraction of sp³-hybridized carbons (Fsp3) is 0.400. The second-order valence-electron chi connectivity index (χ2n) is 2.81. The molecule has 1 aromatic rings. The van der Waals surface area contributed by atoms with E-state index in [0.29, 0.717) is 0 Å². The van der Waals surface area contributed by atoms with E-state index in [9.17, 15) is 0 Å². The molecule has 0 saturated carbocycles. The van der Waals surface area contributed by atoms with Crippen LogP contribution in [0.5, 0.6) is 0 Å². The third-order valence-corrected chi connectivity index (χ3v) is 1.81. The first kappa shape index (κ1) is 8.73. The molecule has 0 atom stereocenters. The first-order chi connectivity index (χ1) is 5.75. The first-order valence-electron chi connectivity index (χ1n) is 4.08. The second-order valence-corrected chi connectivity index (χ2v) is 2.81. The van der Waals surface area contributed by atoms with Crippen molar-refractivity contribution >= 4 is 0 Å². The molecule has 0 bridgehead atoms. The fourth-order valence-electron chi connectivity index (χ4n) is 1.16. The topological polar surface area (TPSA) is 17.0 Å². The minimum Gasteiger partial charge on any atom is -0.325 e. The molecule has 0 saturated heterocycles. The van der Waals surface area contributed by atoms with Gasteiger partial charge in [-0.15, -0.1) is 12.3 Å². The standard InChI is InChI=1S/C10H14N2/c1-4-5-8-11-12-9(2)6-7-10(12)3/h1,6-7,11H,5,8H2,2-3H3. The average molecular weight is 162 g/mol. The molecular weight excluding hydrogens is 148 g/mol. The van der Waals surface area contributed by atoms with Gasteiger partial charge in [-0.05, 0) is 26.0 Å². The number of aromatic nitrogens is 1. The highest BCUT2D eigenvalue weighted by molar-refractivity contribution is 5.15. The van der Waals surface area contributed by atoms with Gasteiger partial charge in [-0.2, -0.15) is 0 Å². The van der Waals surface area contributed by atoms with E-state index in [2.05, 4.69) is 42.0 Å². The van der Waals surface area contributed by atoms with E-state index in [-0.39, 0.29) is 0 Å². The number of hydrogen-bond acceptors (Lipinski definition) is 1. The lowest BCUT2D eigenvalue weighted by Crippen LogP contribution is -2.17. The van der Waals surface area contributed by atoms with Gasteiger partial charge in [0.2, 0.25) is 0 Å². The van der Waals surface area contributed by atoms with Gasteiger partial charge in [-0.25, -0.2) is 0 Å². The molecule has 64 valence electrons. The van der Waals surface area contributed by atoms with Crippen LogP contribution in [0, 0.1) is 26.2 Å². The van der Waals surface area contributed by atoms with E-state index in [1.54, 1.807) is 0 Å². The van der Waals surface area contributed by atoms with E-state index in [1.807, 2.05) is 0 Å². The number of aryl methyl sites for hydroxylation is 2. The Bertz CT molecular complexity index is 272. The van der Waals surface area contributed by atoms with Crippen LogP contribution < -0.4 is 5.43 Å². The van der Waals surface area contributed by atoms with Crippen LogP contribution in [-0.4, -0.2) is 11.2 Å². The summed E-state index contributed by atoms with van der Waals surface area (Å²) in [6.45, 7) is 4.96. The Hall–Kier alpha value is -1.36. The molecular formula is C10H14N2. The molecule has 0 aliphatic carbocycles. The fourth-order valence-corrected chi connectivity index (χ4v) is 1.16. The molecule has 0 radical (unpaired) electrons. The zero-order chi connectivity index (χ0) is 8.97. The van der Waals surface area contributed by atoms with Gasteiger partial charge in [-0.3, -0.25) is 4.68 Å². The van der Waals surface area contributed by atoms with E-state index < -0.39 is 0 Å². The third-order valence-electron chi connectivity index (χ3n) is 1.81. The molecule has 2 heteroatoms. The van der Waals surface area contributed by atoms with Crippen molar-refractivity contribution in [3.8, 4) is 12.3 Å². The van der Waals surface area contributed by atoms with Crippen LogP contribution >= 0.6 is 0 Å². The smallest absolute Gasteiger partial charge is 0.0423 e. The van der Waals surface area contributed by atoms with Crippen LogP contribution in [0.4, 0.5) is 0 Å². The summed E-state index contributed by atoms with van der Waals surface area (Å²) < 4.78 is 2.05. The van der Waals surface area contributed by atoms with Crippen LogP contribution in [0.1, 0.15) is 17.8 Å². The average Bonchev–Trinajstić information content (AvgIpc) is 2.35. The third kappa shape index (κ3) is 1.82. The Balaban J connectivity index is 2.57. The van der Waals surface area contributed by atoms with Crippen molar-refractivity contribution in [2.45, 2.75) is 20.3 Å². The number of nitrogens with zero attached hydrogens (tertiary/aromatic N) is 1. The van der Waals surface area contributed by atoms with E-state index in [0.717, 1.165) is 13.0 Å². The highest BCUT2D eigenvalue weighted by Gasteiger charge is 1.97. The Morgan fingerprint density at radius 3 is 2.50 bits per heavy atom. The molecule has 0 aliphatic rings. The van der Waals surface area contributed by atoms with E-state index in [1.165, 1.54) is 11.4 Å². The maximum Gasteiger partial charge on any atom is 0.0423 e. The number of hydrogen-bond donors (Lipinski definition) is 1. The zero-order valence-corrected chi connectivity index (χ0v) is 7.59. The minimum atomic E-state index is 0.761. The number of nitrogens with one attached hydrogen (secondary N) is 1. The van der Waals surface area contributed by atoms with Crippen molar-refractivity contribution in [2.75, 3.05) is 12.0 Å². The van der Waals surface area contributed by atoms with Gasteiger partial charge in [0.1, 0.15) is 0 Å². The van der Waals surface area contributed by atoms with Gasteiger partial charge >= 0.3 is 0 Å². The first-order valence-corrected chi connectivity index (χ1v) is 4.08. The Morgan fingerprint density at radius 2 is 2.00 bits per heavy atom. The Labute approximate surface area is 73.6 Å². The van der Waals surface area contributed by atoms with E-state index >= 15 is 0 Å². The SMILES string of the molecule is C#CCCNn1c(C)ccc1C. The molecule has 2 nitrogen and oxygen atoms in total. The predicted molar refractivity (Wildman–Crippen MR) is 51.6 cm³/mol. The molecule has 0 unspecified atom stereocenters. The summed E-state index contributed by atoms with van der Waals surface area (Å²) in [6, 6.07) is 4.16. The molecule has 12 heavy (non-hydrogen) atoms. The predicted octanol–water partition coefficient (Wildman–Crippen LogP) is 1.67. The van der Waals surface area contributed by atoms with Gasteiger partial charge in [0.15, 0.2) is 0 Å². The normalized spacial score (nSPS) is 9.42. The van der Waals surface area contributed by atoms with Crippen molar-refractivity contribution in [3.63, 3.8) is 0 Å². The van der Waals surface area contributed by atoms with Crippen molar-refractivity contribution in [3.05, 3.63) is 23.5 Å². The molecule has 0 fully saturated rings. The zero-order valence-electron chi connectivity index (χ0n) is 7.59. The Kier molecular flexibility index (Phi) is 2.82. The van der Waals surface area contributed by atoms with Crippen LogP contribution in [0.2, 0.25) is 0 Å². The summed E-state index contributed by atoms with van der Waals surface area (Å²) in [4.78, 5) is 0. The molecule has 0 spiro atoms. The van der Waals surface area contributed by atoms with Crippen molar-refractivity contribution in [2.24, 2.45) is 0 Å². The molecule has 1 rings (SSSR count). The van der Waals surface area contributed by atoms with Crippen molar-refractivity contribution < 1.29 is 0 Å². The quantitative estimate of drug-likeness (QED) is 0.528. The van der Waals surface area contributed by atoms with Gasteiger partial charge < -0.3 is 5.43 Å². The van der Waals surface area contributed by atoms with Crippen molar-refractivity contribution in [1.29, 1.82) is 0 Å². The molecule has 0 amide bonds. The lowest BCUT2D eigenvalue weighted by Gasteiger charge is -2.10. The maximum atomic E-state index is 5.14. The molecule has 0 aromatic carbocycles. The molecule has 1 N–H and O–H groups in total. The van der Waals surface area contributed by atoms with Crippen LogP contribution in [0.3, 0.4) is 0 Å². The van der Waals surface area contributed by atoms with E-state index in [4.69, 9.17) is 6.42 Å². The van der Waals surface area contributed by atoms with Crippen LogP contribution in [-0.2, 0) is 0 Å². The summed E-state index contributed by atoms with van der Waals surface area (Å²) in [5.74, 6) is 2.59. The summed E-state index contributed by atoms with van der Waals surface area (Å²) in [7, 11) is 0.